The molecule has 0 aliphatic carbocycles. The standard InChI is InChI=1S/C16H18N2O8/c1-3-25-15(21)11(18(23)24)12(19)14(20)17-9(2)13(26-16(17)22)10-7-5-4-6-8-10/h4-9,11-13,19H,3H2,1-2H3/t9-,11?,12?,13-/m1/s1. The minimum Gasteiger partial charge on any atom is -0.461 e. The van der Waals surface area contributed by atoms with Crippen molar-refractivity contribution in [2.24, 2.45) is 0 Å². The number of benzene rings is 1. The van der Waals surface area contributed by atoms with Crippen LogP contribution in [0.15, 0.2) is 30.3 Å². The van der Waals surface area contributed by atoms with E-state index in [1.54, 1.807) is 30.3 Å². The summed E-state index contributed by atoms with van der Waals surface area (Å²) in [5.74, 6) is -2.66. The van der Waals surface area contributed by atoms with Crippen LogP contribution in [0.3, 0.4) is 0 Å². The average Bonchev–Trinajstić information content (AvgIpc) is 2.89. The summed E-state index contributed by atoms with van der Waals surface area (Å²) in [4.78, 5) is 46.8. The Morgan fingerprint density at radius 3 is 2.54 bits per heavy atom. The van der Waals surface area contributed by atoms with Gasteiger partial charge in [0.05, 0.1) is 12.6 Å². The van der Waals surface area contributed by atoms with Gasteiger partial charge in [0.2, 0.25) is 6.10 Å². The lowest BCUT2D eigenvalue weighted by Crippen LogP contribution is -2.53. The zero-order chi connectivity index (χ0) is 19.4. The van der Waals surface area contributed by atoms with Crippen molar-refractivity contribution in [1.82, 2.24) is 4.90 Å². The number of carbonyl (C=O) groups is 3. The van der Waals surface area contributed by atoms with Crippen molar-refractivity contribution in [3.05, 3.63) is 46.0 Å². The molecule has 1 aromatic carbocycles. The molecule has 26 heavy (non-hydrogen) atoms. The number of imide groups is 1. The Hall–Kier alpha value is -3.01. The molecule has 4 atom stereocenters. The second-order valence-corrected chi connectivity index (χ2v) is 5.59. The quantitative estimate of drug-likeness (QED) is 0.440. The summed E-state index contributed by atoms with van der Waals surface area (Å²) < 4.78 is 9.68. The zero-order valence-corrected chi connectivity index (χ0v) is 14.1. The van der Waals surface area contributed by atoms with Crippen LogP contribution in [-0.4, -0.2) is 57.7 Å². The van der Waals surface area contributed by atoms with Crippen LogP contribution in [0, 0.1) is 10.1 Å². The topological polar surface area (TPSA) is 136 Å². The first-order valence-electron chi connectivity index (χ1n) is 7.86. The lowest BCUT2D eigenvalue weighted by Gasteiger charge is -2.22. The van der Waals surface area contributed by atoms with Gasteiger partial charge in [0.25, 0.3) is 5.91 Å². The van der Waals surface area contributed by atoms with Gasteiger partial charge < -0.3 is 14.6 Å². The summed E-state index contributed by atoms with van der Waals surface area (Å²) >= 11 is 0. The van der Waals surface area contributed by atoms with E-state index in [4.69, 9.17) is 4.74 Å². The molecule has 1 saturated heterocycles. The number of cyclic esters (lactones) is 1. The van der Waals surface area contributed by atoms with Crippen LogP contribution >= 0.6 is 0 Å². The van der Waals surface area contributed by atoms with Crippen molar-refractivity contribution in [2.45, 2.75) is 38.1 Å². The molecule has 2 unspecified atom stereocenters. The van der Waals surface area contributed by atoms with Gasteiger partial charge >= 0.3 is 18.1 Å². The Kier molecular flexibility index (Phi) is 5.88. The number of carbonyl (C=O) groups excluding carboxylic acids is 3. The lowest BCUT2D eigenvalue weighted by atomic mass is 10.0. The molecule has 0 bridgehead atoms. The third-order valence-corrected chi connectivity index (χ3v) is 3.94. The van der Waals surface area contributed by atoms with Gasteiger partial charge in [-0.15, -0.1) is 0 Å². The van der Waals surface area contributed by atoms with Gasteiger partial charge in [-0.25, -0.2) is 14.5 Å². The number of hydrogen-bond acceptors (Lipinski definition) is 8. The number of aliphatic hydroxyl groups excluding tert-OH is 1. The second-order valence-electron chi connectivity index (χ2n) is 5.59. The molecule has 1 fully saturated rings. The van der Waals surface area contributed by atoms with Crippen LogP contribution in [0.4, 0.5) is 4.79 Å². The molecule has 0 radical (unpaired) electrons. The average molecular weight is 366 g/mol. The zero-order valence-electron chi connectivity index (χ0n) is 14.1. The van der Waals surface area contributed by atoms with Crippen molar-refractivity contribution in [2.75, 3.05) is 6.61 Å². The summed E-state index contributed by atoms with van der Waals surface area (Å²) in [6.45, 7) is 2.76. The molecule has 0 saturated carbocycles. The Morgan fingerprint density at radius 1 is 1.38 bits per heavy atom. The van der Waals surface area contributed by atoms with Gasteiger partial charge in [0.1, 0.15) is 6.10 Å². The number of ether oxygens (including phenoxy) is 2. The van der Waals surface area contributed by atoms with Crippen molar-refractivity contribution in [1.29, 1.82) is 0 Å². The number of rotatable bonds is 6. The third kappa shape index (κ3) is 3.64. The molecule has 2 amide bonds. The van der Waals surface area contributed by atoms with E-state index in [2.05, 4.69) is 4.74 Å². The highest BCUT2D eigenvalue weighted by molar-refractivity contribution is 5.98. The SMILES string of the molecule is CCOC(=O)C(C(O)C(=O)N1C(=O)O[C@@H](c2ccccc2)[C@H]1C)[N+](=O)[O-]. The molecule has 140 valence electrons. The minimum atomic E-state index is -2.38. The van der Waals surface area contributed by atoms with E-state index in [1.807, 2.05) is 0 Å². The number of aliphatic hydroxyl groups is 1. The molecule has 1 aliphatic rings. The lowest BCUT2D eigenvalue weighted by molar-refractivity contribution is -0.519. The highest BCUT2D eigenvalue weighted by atomic mass is 16.6. The molecule has 2 rings (SSSR count). The van der Waals surface area contributed by atoms with Gasteiger partial charge in [0, 0.05) is 4.92 Å². The molecule has 1 aromatic rings. The van der Waals surface area contributed by atoms with Gasteiger partial charge in [-0.1, -0.05) is 30.3 Å². The summed E-state index contributed by atoms with van der Waals surface area (Å²) in [6, 6.07) is 5.42. The molecule has 10 nitrogen and oxygen atoms in total. The monoisotopic (exact) mass is 366 g/mol. The van der Waals surface area contributed by atoms with Crippen LogP contribution in [0.5, 0.6) is 0 Å². The van der Waals surface area contributed by atoms with Crippen LogP contribution in [-0.2, 0) is 19.1 Å². The van der Waals surface area contributed by atoms with Crippen LogP contribution in [0.25, 0.3) is 0 Å². The first-order valence-corrected chi connectivity index (χ1v) is 7.86. The predicted molar refractivity (Wildman–Crippen MR) is 85.4 cm³/mol. The van der Waals surface area contributed by atoms with Crippen LogP contribution in [0.2, 0.25) is 0 Å². The summed E-state index contributed by atoms with van der Waals surface area (Å²) in [5, 5.41) is 21.1. The van der Waals surface area contributed by atoms with E-state index >= 15 is 0 Å². The highest BCUT2D eigenvalue weighted by Gasteiger charge is 2.51. The number of esters is 1. The summed E-state index contributed by atoms with van der Waals surface area (Å²) in [5.41, 5.74) is 0.620. The Balaban J connectivity index is 2.23. The molecule has 0 aromatic heterocycles. The molecule has 1 aliphatic heterocycles. The van der Waals surface area contributed by atoms with E-state index in [1.165, 1.54) is 13.8 Å². The maximum Gasteiger partial charge on any atom is 0.417 e. The summed E-state index contributed by atoms with van der Waals surface area (Å²) in [6.07, 6.45) is -4.23. The normalized spacial score (nSPS) is 21.7. The molecular formula is C16H18N2O8. The highest BCUT2D eigenvalue weighted by Crippen LogP contribution is 2.32. The van der Waals surface area contributed by atoms with E-state index in [-0.39, 0.29) is 6.61 Å². The minimum absolute atomic E-state index is 0.164. The first-order chi connectivity index (χ1) is 12.3. The van der Waals surface area contributed by atoms with E-state index in [9.17, 15) is 29.6 Å². The molecule has 1 heterocycles. The van der Waals surface area contributed by atoms with Crippen molar-refractivity contribution < 1.29 is 33.9 Å². The Morgan fingerprint density at radius 2 is 2.00 bits per heavy atom. The van der Waals surface area contributed by atoms with Crippen molar-refractivity contribution in [3.8, 4) is 0 Å². The van der Waals surface area contributed by atoms with Gasteiger partial charge in [0.15, 0.2) is 0 Å². The van der Waals surface area contributed by atoms with Crippen molar-refractivity contribution in [3.63, 3.8) is 0 Å². The maximum atomic E-state index is 12.5. The molecule has 1 N–H and O–H groups in total. The first kappa shape index (κ1) is 19.3. The van der Waals surface area contributed by atoms with Gasteiger partial charge in [-0.3, -0.25) is 14.9 Å². The largest absolute Gasteiger partial charge is 0.461 e. The smallest absolute Gasteiger partial charge is 0.417 e. The van der Waals surface area contributed by atoms with Crippen molar-refractivity contribution >= 4 is 18.0 Å². The fraction of sp³-hybridized carbons (Fsp3) is 0.438. The number of hydrogen-bond donors (Lipinski definition) is 1. The third-order valence-electron chi connectivity index (χ3n) is 3.94. The van der Waals surface area contributed by atoms with Gasteiger partial charge in [-0.2, -0.15) is 0 Å². The maximum absolute atomic E-state index is 12.5. The van der Waals surface area contributed by atoms with E-state index < -0.39 is 47.2 Å². The fourth-order valence-corrected chi connectivity index (χ4v) is 2.68. The number of amides is 2. The van der Waals surface area contributed by atoms with Crippen LogP contribution in [0.1, 0.15) is 25.5 Å². The predicted octanol–water partition coefficient (Wildman–Crippen LogP) is 0.664. The molecule has 10 heteroatoms. The van der Waals surface area contributed by atoms with Gasteiger partial charge in [-0.05, 0) is 19.4 Å². The molecule has 0 spiro atoms. The number of nitro groups is 1. The number of nitrogens with zero attached hydrogens (tertiary/aromatic N) is 2. The molecular weight excluding hydrogens is 348 g/mol. The van der Waals surface area contributed by atoms with E-state index in [0.29, 0.717) is 10.5 Å². The Bertz CT molecular complexity index is 707. The van der Waals surface area contributed by atoms with Crippen LogP contribution < -0.4 is 0 Å². The van der Waals surface area contributed by atoms with E-state index in [0.717, 1.165) is 0 Å². The second kappa shape index (κ2) is 7.91. The fourth-order valence-electron chi connectivity index (χ4n) is 2.68. The Labute approximate surface area is 148 Å². The summed E-state index contributed by atoms with van der Waals surface area (Å²) in [7, 11) is 0.